The Morgan fingerprint density at radius 3 is 1.45 bits per heavy atom. The first kappa shape index (κ1) is 27.2. The number of anilines is 3. The second-order valence-corrected chi connectivity index (χ2v) is 11.8. The molecule has 0 saturated heterocycles. The third-order valence-corrected chi connectivity index (χ3v) is 8.84. The summed E-state index contributed by atoms with van der Waals surface area (Å²) in [4.78, 5) is 2.30. The number of furan rings is 1. The fourth-order valence-corrected chi connectivity index (χ4v) is 6.36. The van der Waals surface area contributed by atoms with E-state index in [1.54, 1.807) is 0 Å². The summed E-state index contributed by atoms with van der Waals surface area (Å²) in [6, 6.07) is 61.6. The van der Waals surface area contributed by atoms with Crippen LogP contribution in [0.15, 0.2) is 186 Å². The molecular formula is C45H33NO. The number of para-hydroxylation sites is 1. The van der Waals surface area contributed by atoms with Gasteiger partial charge in [0.25, 0.3) is 0 Å². The Labute approximate surface area is 277 Å². The lowest BCUT2D eigenvalue weighted by molar-refractivity contribution is 0.629. The van der Waals surface area contributed by atoms with Crippen molar-refractivity contribution in [1.29, 1.82) is 0 Å². The van der Waals surface area contributed by atoms with Crippen molar-refractivity contribution in [2.24, 2.45) is 0 Å². The molecule has 0 spiro atoms. The van der Waals surface area contributed by atoms with E-state index in [9.17, 15) is 0 Å². The molecular weight excluding hydrogens is 571 g/mol. The molecule has 0 aliphatic carbocycles. The fraction of sp³-hybridized carbons (Fsp3) is 0.0222. The van der Waals surface area contributed by atoms with Crippen LogP contribution in [-0.4, -0.2) is 0 Å². The van der Waals surface area contributed by atoms with Crippen molar-refractivity contribution >= 4 is 28.0 Å². The Kier molecular flexibility index (Phi) is 7.15. The molecule has 47 heavy (non-hydrogen) atoms. The lowest BCUT2D eigenvalue weighted by Crippen LogP contribution is -2.09. The van der Waals surface area contributed by atoms with Gasteiger partial charge in [-0.1, -0.05) is 133 Å². The molecule has 0 N–H and O–H groups in total. The van der Waals surface area contributed by atoms with E-state index in [4.69, 9.17) is 5.79 Å². The Morgan fingerprint density at radius 1 is 0.426 bits per heavy atom. The van der Waals surface area contributed by atoms with Crippen molar-refractivity contribution < 1.29 is 5.79 Å². The number of rotatable bonds is 7. The summed E-state index contributed by atoms with van der Waals surface area (Å²) in [5, 5.41) is 1.15. The maximum absolute atomic E-state index is 7.84. The summed E-state index contributed by atoms with van der Waals surface area (Å²) >= 11 is 0. The van der Waals surface area contributed by atoms with Crippen molar-refractivity contribution in [3.8, 4) is 44.7 Å². The molecule has 0 radical (unpaired) electrons. The van der Waals surface area contributed by atoms with E-state index in [-0.39, 0.29) is 0 Å². The van der Waals surface area contributed by atoms with Gasteiger partial charge in [0.1, 0.15) is 11.3 Å². The van der Waals surface area contributed by atoms with Crippen LogP contribution in [0.5, 0.6) is 0 Å². The van der Waals surface area contributed by atoms with E-state index in [0.29, 0.717) is 6.04 Å². The van der Waals surface area contributed by atoms with Gasteiger partial charge in [-0.2, -0.15) is 0 Å². The average molecular weight is 605 g/mol. The van der Waals surface area contributed by atoms with E-state index in [1.165, 1.54) is 11.1 Å². The van der Waals surface area contributed by atoms with Gasteiger partial charge in [0, 0.05) is 33.6 Å². The Hall–Kier alpha value is -6.12. The van der Waals surface area contributed by atoms with Crippen LogP contribution >= 0.6 is 0 Å². The summed E-state index contributed by atoms with van der Waals surface area (Å²) < 4.78 is 14.1. The van der Waals surface area contributed by atoms with Gasteiger partial charge in [-0.05, 0) is 88.8 Å². The second-order valence-electron chi connectivity index (χ2n) is 11.8. The topological polar surface area (TPSA) is 16.4 Å². The van der Waals surface area contributed by atoms with Crippen LogP contribution in [0.3, 0.4) is 0 Å². The average Bonchev–Trinajstić information content (AvgIpc) is 3.49. The van der Waals surface area contributed by atoms with Gasteiger partial charge in [-0.15, -0.1) is 0 Å². The van der Waals surface area contributed by atoms with Gasteiger partial charge in [-0.25, -0.2) is 0 Å². The number of hydrogen-bond acceptors (Lipinski definition) is 2. The molecule has 0 aliphatic rings. The van der Waals surface area contributed by atoms with Crippen molar-refractivity contribution in [3.05, 3.63) is 188 Å². The molecule has 0 bridgehead atoms. The van der Waals surface area contributed by atoms with E-state index >= 15 is 0 Å². The quantitative estimate of drug-likeness (QED) is 0.180. The van der Waals surface area contributed by atoms with Crippen LogP contribution < -0.4 is 4.90 Å². The molecule has 2 nitrogen and oxygen atoms in total. The molecule has 8 aromatic rings. The zero-order chi connectivity index (χ0) is 32.5. The van der Waals surface area contributed by atoms with Crippen LogP contribution in [0.25, 0.3) is 55.7 Å². The molecule has 8 rings (SSSR count). The second kappa shape index (κ2) is 12.3. The number of nitrogens with zero attached hydrogens (tertiary/aromatic N) is 1. The molecule has 1 aromatic heterocycles. The number of hydrogen-bond donors (Lipinski definition) is 0. The lowest BCUT2D eigenvalue weighted by atomic mass is 9.99. The minimum Gasteiger partial charge on any atom is -0.456 e. The highest BCUT2D eigenvalue weighted by molar-refractivity contribution is 5.88. The van der Waals surface area contributed by atoms with Gasteiger partial charge in [0.05, 0.1) is 1.37 Å². The lowest BCUT2D eigenvalue weighted by Gasteiger charge is -2.26. The van der Waals surface area contributed by atoms with E-state index in [2.05, 4.69) is 145 Å². The molecule has 1 heterocycles. The SMILES string of the molecule is [2H]c1ccc(-c2ccc(N(c3ccc(-c4ccccc4)cc3)c3ccc(-c4cccc(-c5oc6ccccc6c5C)c4)cc3)cc2)cc1. The summed E-state index contributed by atoms with van der Waals surface area (Å²) in [7, 11) is 0. The number of benzene rings is 7. The zero-order valence-electron chi connectivity index (χ0n) is 27.1. The first-order valence-corrected chi connectivity index (χ1v) is 15.9. The van der Waals surface area contributed by atoms with Gasteiger partial charge < -0.3 is 9.32 Å². The monoisotopic (exact) mass is 604 g/mol. The first-order chi connectivity index (χ1) is 23.6. The Bertz CT molecular complexity index is 2320. The molecule has 0 saturated carbocycles. The van der Waals surface area contributed by atoms with Crippen LogP contribution in [0, 0.1) is 6.92 Å². The highest BCUT2D eigenvalue weighted by atomic mass is 16.3. The van der Waals surface area contributed by atoms with Crippen molar-refractivity contribution in [3.63, 3.8) is 0 Å². The van der Waals surface area contributed by atoms with Gasteiger partial charge in [0.2, 0.25) is 0 Å². The fourth-order valence-electron chi connectivity index (χ4n) is 6.36. The molecule has 0 atom stereocenters. The van der Waals surface area contributed by atoms with Gasteiger partial charge in [0.15, 0.2) is 0 Å². The Balaban J connectivity index is 1.14. The number of fused-ring (bicyclic) bond motifs is 1. The van der Waals surface area contributed by atoms with Crippen LogP contribution in [-0.2, 0) is 0 Å². The summed E-state index contributed by atoms with van der Waals surface area (Å²) in [5.74, 6) is 0.916. The standard InChI is InChI=1S/C45H33NO/c1-32-43-17-8-9-18-44(43)47-45(32)39-16-10-15-38(31-39)37-23-29-42(30-24-37)46(40-25-19-35(20-26-40)33-11-4-2-5-12-33)41-27-21-36(22-28-41)34-13-6-3-7-14-34/h2-31H,1H3/i2D. The first-order valence-electron chi connectivity index (χ1n) is 16.4. The summed E-state index contributed by atoms with van der Waals surface area (Å²) in [6.07, 6.45) is 0. The third-order valence-electron chi connectivity index (χ3n) is 8.84. The molecule has 0 aliphatic heterocycles. The van der Waals surface area contributed by atoms with Crippen LogP contribution in [0.4, 0.5) is 17.1 Å². The van der Waals surface area contributed by atoms with Crippen molar-refractivity contribution in [2.75, 3.05) is 4.90 Å². The van der Waals surface area contributed by atoms with Gasteiger partial charge >= 0.3 is 0 Å². The molecule has 0 amide bonds. The predicted molar refractivity (Wildman–Crippen MR) is 197 cm³/mol. The minimum absolute atomic E-state index is 0.514. The van der Waals surface area contributed by atoms with E-state index < -0.39 is 0 Å². The number of aryl methyl sites for hydroxylation is 1. The molecule has 0 fully saturated rings. The Morgan fingerprint density at radius 2 is 0.872 bits per heavy atom. The maximum Gasteiger partial charge on any atom is 0.138 e. The van der Waals surface area contributed by atoms with Crippen LogP contribution in [0.2, 0.25) is 0 Å². The zero-order valence-corrected chi connectivity index (χ0v) is 26.1. The molecule has 224 valence electrons. The van der Waals surface area contributed by atoms with Crippen molar-refractivity contribution in [1.82, 2.24) is 0 Å². The smallest absolute Gasteiger partial charge is 0.138 e. The predicted octanol–water partition coefficient (Wildman–Crippen LogP) is 12.9. The maximum atomic E-state index is 7.84. The van der Waals surface area contributed by atoms with Crippen molar-refractivity contribution in [2.45, 2.75) is 6.92 Å². The summed E-state index contributed by atoms with van der Waals surface area (Å²) in [5.41, 5.74) is 13.2. The molecule has 0 unspecified atom stereocenters. The highest BCUT2D eigenvalue weighted by Gasteiger charge is 2.15. The molecule has 2 heteroatoms. The third kappa shape index (κ3) is 5.62. The largest absolute Gasteiger partial charge is 0.456 e. The minimum atomic E-state index is 0.514. The van der Waals surface area contributed by atoms with E-state index in [1.807, 2.05) is 42.5 Å². The molecule has 7 aromatic carbocycles. The normalized spacial score (nSPS) is 11.4. The van der Waals surface area contributed by atoms with Gasteiger partial charge in [-0.3, -0.25) is 0 Å². The highest BCUT2D eigenvalue weighted by Crippen LogP contribution is 2.39. The van der Waals surface area contributed by atoms with Crippen LogP contribution in [0.1, 0.15) is 6.93 Å². The van der Waals surface area contributed by atoms with E-state index in [0.717, 1.165) is 67.2 Å². The summed E-state index contributed by atoms with van der Waals surface area (Å²) in [6.45, 7) is 2.13.